The summed E-state index contributed by atoms with van der Waals surface area (Å²) in [5, 5.41) is 16.1. The van der Waals surface area contributed by atoms with E-state index in [4.69, 9.17) is 4.42 Å². The topological polar surface area (TPSA) is 103 Å². The highest BCUT2D eigenvalue weighted by Crippen LogP contribution is 2.49. The van der Waals surface area contributed by atoms with Crippen molar-refractivity contribution in [3.8, 4) is 11.3 Å². The van der Waals surface area contributed by atoms with Crippen LogP contribution in [0.25, 0.3) is 11.3 Å². The van der Waals surface area contributed by atoms with Crippen LogP contribution in [-0.2, 0) is 9.59 Å². The summed E-state index contributed by atoms with van der Waals surface area (Å²) in [6.45, 7) is 0. The van der Waals surface area contributed by atoms with Crippen molar-refractivity contribution in [3.63, 3.8) is 0 Å². The molecule has 2 aromatic rings. The Bertz CT molecular complexity index is 1050. The van der Waals surface area contributed by atoms with Crippen molar-refractivity contribution in [2.75, 3.05) is 0 Å². The number of fused-ring (bicyclic) bond motifs is 1. The molecule has 2 amide bonds. The van der Waals surface area contributed by atoms with E-state index >= 15 is 0 Å². The van der Waals surface area contributed by atoms with Crippen LogP contribution in [0.2, 0.25) is 0 Å². The molecule has 6 rings (SSSR count). The molecular formula is C22H17N2O5-. The zero-order valence-electron chi connectivity index (χ0n) is 15.4. The largest absolute Gasteiger partial charge is 0.545 e. The summed E-state index contributed by atoms with van der Waals surface area (Å²) in [6.07, 6.45) is 7.34. The number of imide groups is 1. The summed E-state index contributed by atoms with van der Waals surface area (Å²) in [4.78, 5) is 36.5. The molecule has 0 radical (unpaired) electrons. The van der Waals surface area contributed by atoms with Crippen molar-refractivity contribution in [1.82, 2.24) is 5.01 Å². The first-order chi connectivity index (χ1) is 14.0. The number of benzene rings is 1. The molecule has 146 valence electrons. The Balaban J connectivity index is 1.37. The zero-order chi connectivity index (χ0) is 20.1. The highest BCUT2D eigenvalue weighted by Gasteiger charge is 2.56. The van der Waals surface area contributed by atoms with Crippen molar-refractivity contribution in [1.29, 1.82) is 0 Å². The number of carbonyl (C=O) groups is 3. The van der Waals surface area contributed by atoms with E-state index in [1.165, 1.54) is 18.3 Å². The second-order valence-electron chi connectivity index (χ2n) is 7.64. The number of hydrogen-bond donors (Lipinski definition) is 0. The third kappa shape index (κ3) is 2.81. The summed E-state index contributed by atoms with van der Waals surface area (Å²) in [5.41, 5.74) is 0.626. The van der Waals surface area contributed by atoms with Gasteiger partial charge in [0.05, 0.1) is 24.0 Å². The number of furan rings is 1. The van der Waals surface area contributed by atoms with Crippen LogP contribution in [0.15, 0.2) is 58.1 Å². The van der Waals surface area contributed by atoms with Gasteiger partial charge in [-0.2, -0.15) is 10.1 Å². The average Bonchev–Trinajstić information content (AvgIpc) is 3.32. The van der Waals surface area contributed by atoms with Gasteiger partial charge < -0.3 is 14.3 Å². The fraction of sp³-hybridized carbons (Fsp3) is 0.273. The molecule has 0 unspecified atom stereocenters. The SMILES string of the molecule is O=C([O-])c1cccc(-c2ccc(/C=N\N3C(=O)[C@@H]4[C@H](C3=O)[C@@H]3C=C[C@@H]4CC3)o2)c1. The van der Waals surface area contributed by atoms with Crippen molar-refractivity contribution >= 4 is 24.0 Å². The van der Waals surface area contributed by atoms with Crippen molar-refractivity contribution in [3.05, 3.63) is 59.9 Å². The maximum absolute atomic E-state index is 12.8. The molecule has 2 heterocycles. The molecule has 7 nitrogen and oxygen atoms in total. The quantitative estimate of drug-likeness (QED) is 0.451. The van der Waals surface area contributed by atoms with Crippen LogP contribution in [0.3, 0.4) is 0 Å². The monoisotopic (exact) mass is 389 g/mol. The Kier molecular flexibility index (Phi) is 3.97. The molecule has 4 aliphatic rings. The number of carboxylic acids is 1. The number of hydrazone groups is 1. The lowest BCUT2D eigenvalue weighted by molar-refractivity contribution is -0.255. The molecule has 1 saturated carbocycles. The predicted octanol–water partition coefficient (Wildman–Crippen LogP) is 1.84. The first kappa shape index (κ1) is 17.6. The lowest BCUT2D eigenvalue weighted by Gasteiger charge is -2.37. The van der Waals surface area contributed by atoms with Crippen LogP contribution in [0, 0.1) is 23.7 Å². The van der Waals surface area contributed by atoms with Gasteiger partial charge >= 0.3 is 0 Å². The van der Waals surface area contributed by atoms with Gasteiger partial charge in [-0.3, -0.25) is 9.59 Å². The summed E-state index contributed by atoms with van der Waals surface area (Å²) < 4.78 is 5.68. The third-order valence-electron chi connectivity index (χ3n) is 6.05. The van der Waals surface area contributed by atoms with E-state index in [2.05, 4.69) is 17.3 Å². The number of amides is 2. The summed E-state index contributed by atoms with van der Waals surface area (Å²) in [6, 6.07) is 9.53. The molecule has 1 aromatic heterocycles. The van der Waals surface area contributed by atoms with Crippen molar-refractivity contribution < 1.29 is 23.9 Å². The van der Waals surface area contributed by atoms with E-state index in [0.29, 0.717) is 17.1 Å². The molecule has 4 atom stereocenters. The second-order valence-corrected chi connectivity index (χ2v) is 7.64. The van der Waals surface area contributed by atoms with Crippen LogP contribution < -0.4 is 5.11 Å². The van der Waals surface area contributed by atoms with Crippen molar-refractivity contribution in [2.45, 2.75) is 12.8 Å². The summed E-state index contributed by atoms with van der Waals surface area (Å²) in [7, 11) is 0. The standard InChI is InChI=1S/C22H18N2O5/c25-20-18-12-4-5-13(7-6-12)19(18)21(26)24(20)23-11-16-8-9-17(29-16)14-2-1-3-15(10-14)22(27)28/h1-5,8-13,18-19H,6-7H2,(H,27,28)/p-1/b23-11-/t12-,13-,18-,19+/m1/s1. The van der Waals surface area contributed by atoms with Crippen LogP contribution in [0.1, 0.15) is 29.0 Å². The number of aromatic carboxylic acids is 1. The van der Waals surface area contributed by atoms with E-state index < -0.39 is 5.97 Å². The molecule has 29 heavy (non-hydrogen) atoms. The molecule has 2 bridgehead atoms. The Morgan fingerprint density at radius 2 is 1.76 bits per heavy atom. The molecule has 7 heteroatoms. The van der Waals surface area contributed by atoms with Crippen molar-refractivity contribution in [2.24, 2.45) is 28.8 Å². The van der Waals surface area contributed by atoms with Gasteiger partial charge in [0.25, 0.3) is 11.8 Å². The first-order valence-corrected chi connectivity index (χ1v) is 9.54. The fourth-order valence-electron chi connectivity index (χ4n) is 4.66. The number of rotatable bonds is 4. The maximum Gasteiger partial charge on any atom is 0.254 e. The zero-order valence-corrected chi connectivity index (χ0v) is 15.4. The molecule has 0 spiro atoms. The first-order valence-electron chi connectivity index (χ1n) is 9.54. The van der Waals surface area contributed by atoms with E-state index in [9.17, 15) is 19.5 Å². The normalized spacial score (nSPS) is 27.8. The lowest BCUT2D eigenvalue weighted by atomic mass is 9.63. The van der Waals surface area contributed by atoms with Crippen LogP contribution in [0.4, 0.5) is 0 Å². The van der Waals surface area contributed by atoms with Gasteiger partial charge in [0, 0.05) is 5.56 Å². The van der Waals surface area contributed by atoms with Gasteiger partial charge in [0.2, 0.25) is 0 Å². The smallest absolute Gasteiger partial charge is 0.254 e. The van der Waals surface area contributed by atoms with E-state index in [-0.39, 0.29) is 41.0 Å². The highest BCUT2D eigenvalue weighted by atomic mass is 16.4. The van der Waals surface area contributed by atoms with Gasteiger partial charge in [0.1, 0.15) is 11.5 Å². The number of allylic oxidation sites excluding steroid dienone is 2. The molecule has 1 aromatic carbocycles. The molecule has 3 aliphatic carbocycles. The Hall–Kier alpha value is -3.48. The minimum Gasteiger partial charge on any atom is -0.545 e. The van der Waals surface area contributed by atoms with Gasteiger partial charge in [0.15, 0.2) is 0 Å². The van der Waals surface area contributed by atoms with Gasteiger partial charge in [-0.25, -0.2) is 0 Å². The van der Waals surface area contributed by atoms with Gasteiger partial charge in [-0.15, -0.1) is 0 Å². The fourth-order valence-corrected chi connectivity index (χ4v) is 4.66. The summed E-state index contributed by atoms with van der Waals surface area (Å²) >= 11 is 0. The van der Waals surface area contributed by atoms with Crippen LogP contribution in [-0.4, -0.2) is 29.0 Å². The highest BCUT2D eigenvalue weighted by molar-refractivity contribution is 6.06. The van der Waals surface area contributed by atoms with Gasteiger partial charge in [-0.1, -0.05) is 30.4 Å². The van der Waals surface area contributed by atoms with E-state index in [0.717, 1.165) is 17.9 Å². The van der Waals surface area contributed by atoms with E-state index in [1.807, 2.05) is 0 Å². The maximum atomic E-state index is 12.8. The minimum atomic E-state index is -1.27. The predicted molar refractivity (Wildman–Crippen MR) is 100 cm³/mol. The number of hydrogen-bond acceptors (Lipinski definition) is 6. The Morgan fingerprint density at radius 3 is 2.38 bits per heavy atom. The van der Waals surface area contributed by atoms with Crippen LogP contribution >= 0.6 is 0 Å². The molecular weight excluding hydrogens is 372 g/mol. The Labute approximate surface area is 166 Å². The average molecular weight is 389 g/mol. The van der Waals surface area contributed by atoms with E-state index in [1.54, 1.807) is 24.3 Å². The second kappa shape index (κ2) is 6.55. The molecule has 1 aliphatic heterocycles. The Morgan fingerprint density at radius 1 is 1.07 bits per heavy atom. The van der Waals surface area contributed by atoms with Gasteiger partial charge in [-0.05, 0) is 48.4 Å². The number of carbonyl (C=O) groups excluding carboxylic acids is 3. The summed E-state index contributed by atoms with van der Waals surface area (Å²) in [5.74, 6) is -1.32. The van der Waals surface area contributed by atoms with Crippen LogP contribution in [0.5, 0.6) is 0 Å². The third-order valence-corrected chi connectivity index (χ3v) is 6.05. The molecule has 0 N–H and O–H groups in total. The molecule has 2 fully saturated rings. The molecule has 1 saturated heterocycles. The lowest BCUT2D eigenvalue weighted by Crippen LogP contribution is -2.38. The number of carboxylic acid groups (broad SMARTS) is 1. The minimum absolute atomic E-state index is 0.0493. The number of nitrogens with zero attached hydrogens (tertiary/aromatic N) is 2.